The molecule has 1 heterocycles. The number of amides is 2. The summed E-state index contributed by atoms with van der Waals surface area (Å²) in [5.41, 5.74) is 8.54. The summed E-state index contributed by atoms with van der Waals surface area (Å²) < 4.78 is 1.14. The molecule has 0 fully saturated rings. The average molecular weight is 311 g/mol. The molecule has 22 heavy (non-hydrogen) atoms. The van der Waals surface area contributed by atoms with Gasteiger partial charge in [-0.2, -0.15) is 0 Å². The Hall–Kier alpha value is -2.73. The van der Waals surface area contributed by atoms with Gasteiger partial charge in [0.2, 0.25) is 0 Å². The van der Waals surface area contributed by atoms with Gasteiger partial charge in [-0.05, 0) is 48.9 Å². The van der Waals surface area contributed by atoms with E-state index >= 15 is 0 Å². The normalized spacial score (nSPS) is 10.6. The highest BCUT2D eigenvalue weighted by Gasteiger charge is 2.10. The second-order valence-electron chi connectivity index (χ2n) is 4.89. The summed E-state index contributed by atoms with van der Waals surface area (Å²) in [6.07, 6.45) is 0. The molecular formula is C16H13N3O2S. The van der Waals surface area contributed by atoms with Crippen LogP contribution in [0.1, 0.15) is 5.56 Å². The van der Waals surface area contributed by atoms with Gasteiger partial charge in [0.25, 0.3) is 0 Å². The molecule has 2 aromatic carbocycles. The first-order valence-corrected chi connectivity index (χ1v) is 7.43. The second-order valence-corrected chi connectivity index (χ2v) is 5.92. The third-order valence-corrected chi connectivity index (χ3v) is 4.22. The van der Waals surface area contributed by atoms with Gasteiger partial charge in [-0.25, -0.2) is 4.98 Å². The van der Waals surface area contributed by atoms with Crippen molar-refractivity contribution in [3.05, 3.63) is 48.0 Å². The Morgan fingerprint density at radius 2 is 1.86 bits per heavy atom. The lowest BCUT2D eigenvalue weighted by Gasteiger charge is -2.03. The van der Waals surface area contributed by atoms with Crippen molar-refractivity contribution in [3.63, 3.8) is 0 Å². The predicted octanol–water partition coefficient (Wildman–Crippen LogP) is 2.70. The van der Waals surface area contributed by atoms with Crippen molar-refractivity contribution in [1.82, 2.24) is 4.98 Å². The summed E-state index contributed by atoms with van der Waals surface area (Å²) in [4.78, 5) is 26.5. The van der Waals surface area contributed by atoms with Gasteiger partial charge in [-0.3, -0.25) is 9.59 Å². The molecule has 0 aliphatic heterocycles. The van der Waals surface area contributed by atoms with Gasteiger partial charge in [-0.15, -0.1) is 11.3 Å². The van der Waals surface area contributed by atoms with Crippen LogP contribution in [0.4, 0.5) is 5.69 Å². The molecule has 0 aliphatic carbocycles. The molecule has 2 amide bonds. The third-order valence-electron chi connectivity index (χ3n) is 3.16. The number of nitrogens with zero attached hydrogens (tertiary/aromatic N) is 1. The molecule has 3 rings (SSSR count). The number of hydrogen-bond donors (Lipinski definition) is 2. The van der Waals surface area contributed by atoms with Gasteiger partial charge in [0, 0.05) is 11.3 Å². The molecule has 0 unspecified atom stereocenters. The number of carbonyl (C=O) groups excluding carboxylic acids is 2. The highest BCUT2D eigenvalue weighted by Crippen LogP contribution is 2.31. The minimum atomic E-state index is -1.01. The zero-order valence-electron chi connectivity index (χ0n) is 11.8. The number of fused-ring (bicyclic) bond motifs is 1. The number of nitrogens with one attached hydrogen (secondary N) is 1. The first kappa shape index (κ1) is 14.2. The van der Waals surface area contributed by atoms with Crippen molar-refractivity contribution in [2.24, 2.45) is 5.73 Å². The number of hydrogen-bond acceptors (Lipinski definition) is 4. The Labute approximate surface area is 130 Å². The van der Waals surface area contributed by atoms with Crippen LogP contribution in [-0.2, 0) is 9.59 Å². The quantitative estimate of drug-likeness (QED) is 0.714. The van der Waals surface area contributed by atoms with Crippen molar-refractivity contribution in [2.45, 2.75) is 6.92 Å². The number of anilines is 1. The van der Waals surface area contributed by atoms with Gasteiger partial charge in [0.15, 0.2) is 0 Å². The lowest BCUT2D eigenvalue weighted by Crippen LogP contribution is -2.29. The van der Waals surface area contributed by atoms with E-state index in [-0.39, 0.29) is 0 Å². The standard InChI is InChI=1S/C16H13N3O2S/c1-9-2-7-12-13(8-9)22-16(19-12)10-3-5-11(6-4-10)18-15(21)14(17)20/h2-8H,1H3,(H2,17,20)(H,18,21). The van der Waals surface area contributed by atoms with E-state index in [0.717, 1.165) is 20.8 Å². The molecule has 0 bridgehead atoms. The van der Waals surface area contributed by atoms with Gasteiger partial charge in [-0.1, -0.05) is 6.07 Å². The van der Waals surface area contributed by atoms with Crippen molar-refractivity contribution in [2.75, 3.05) is 5.32 Å². The molecular weight excluding hydrogens is 298 g/mol. The van der Waals surface area contributed by atoms with E-state index < -0.39 is 11.8 Å². The van der Waals surface area contributed by atoms with Crippen LogP contribution < -0.4 is 11.1 Å². The second kappa shape index (κ2) is 5.57. The summed E-state index contributed by atoms with van der Waals surface area (Å²) in [7, 11) is 0. The van der Waals surface area contributed by atoms with Gasteiger partial charge in [0.1, 0.15) is 5.01 Å². The van der Waals surface area contributed by atoms with Crippen molar-refractivity contribution in [3.8, 4) is 10.6 Å². The zero-order valence-corrected chi connectivity index (χ0v) is 12.6. The third kappa shape index (κ3) is 2.82. The van der Waals surface area contributed by atoms with Crippen LogP contribution in [0.2, 0.25) is 0 Å². The Morgan fingerprint density at radius 1 is 1.14 bits per heavy atom. The van der Waals surface area contributed by atoms with Crippen molar-refractivity contribution < 1.29 is 9.59 Å². The molecule has 6 heteroatoms. The molecule has 0 spiro atoms. The number of primary amides is 1. The number of benzene rings is 2. The fraction of sp³-hybridized carbons (Fsp3) is 0.0625. The number of aryl methyl sites for hydroxylation is 1. The van der Waals surface area contributed by atoms with E-state index in [2.05, 4.69) is 23.3 Å². The smallest absolute Gasteiger partial charge is 0.313 e. The van der Waals surface area contributed by atoms with E-state index in [1.807, 2.05) is 24.3 Å². The van der Waals surface area contributed by atoms with Crippen LogP contribution >= 0.6 is 11.3 Å². The maximum atomic E-state index is 11.2. The van der Waals surface area contributed by atoms with Crippen LogP contribution in [0.15, 0.2) is 42.5 Å². The first-order chi connectivity index (χ1) is 10.5. The van der Waals surface area contributed by atoms with E-state index in [1.54, 1.807) is 23.5 Å². The summed E-state index contributed by atoms with van der Waals surface area (Å²) in [5, 5.41) is 3.33. The highest BCUT2D eigenvalue weighted by molar-refractivity contribution is 7.21. The number of carbonyl (C=O) groups is 2. The molecule has 0 saturated heterocycles. The van der Waals surface area contributed by atoms with Crippen LogP contribution in [0.3, 0.4) is 0 Å². The Bertz CT molecular complexity index is 869. The van der Waals surface area contributed by atoms with Crippen LogP contribution in [0.5, 0.6) is 0 Å². The summed E-state index contributed by atoms with van der Waals surface area (Å²) in [6.45, 7) is 2.05. The summed E-state index contributed by atoms with van der Waals surface area (Å²) in [5.74, 6) is -1.84. The molecule has 3 N–H and O–H groups in total. The monoisotopic (exact) mass is 311 g/mol. The molecule has 1 aromatic heterocycles. The van der Waals surface area contributed by atoms with Crippen molar-refractivity contribution >= 4 is 39.1 Å². The van der Waals surface area contributed by atoms with Crippen LogP contribution in [-0.4, -0.2) is 16.8 Å². The maximum absolute atomic E-state index is 11.2. The lowest BCUT2D eigenvalue weighted by molar-refractivity contribution is -0.134. The Kier molecular flexibility index (Phi) is 3.60. The molecule has 0 atom stereocenters. The molecule has 0 aliphatic rings. The van der Waals surface area contributed by atoms with Crippen LogP contribution in [0, 0.1) is 6.92 Å². The van der Waals surface area contributed by atoms with Crippen molar-refractivity contribution in [1.29, 1.82) is 0 Å². The molecule has 3 aromatic rings. The van der Waals surface area contributed by atoms with Gasteiger partial charge in [0.05, 0.1) is 10.2 Å². The SMILES string of the molecule is Cc1ccc2nc(-c3ccc(NC(=O)C(N)=O)cc3)sc2c1. The van der Waals surface area contributed by atoms with Gasteiger partial charge < -0.3 is 11.1 Å². The number of aromatic nitrogens is 1. The fourth-order valence-electron chi connectivity index (χ4n) is 2.04. The lowest BCUT2D eigenvalue weighted by atomic mass is 10.2. The molecule has 5 nitrogen and oxygen atoms in total. The number of thiazole rings is 1. The maximum Gasteiger partial charge on any atom is 0.313 e. The predicted molar refractivity (Wildman–Crippen MR) is 87.6 cm³/mol. The molecule has 0 radical (unpaired) electrons. The largest absolute Gasteiger partial charge is 0.361 e. The topological polar surface area (TPSA) is 85.1 Å². The highest BCUT2D eigenvalue weighted by atomic mass is 32.1. The average Bonchev–Trinajstić information content (AvgIpc) is 2.90. The van der Waals surface area contributed by atoms with Gasteiger partial charge >= 0.3 is 11.8 Å². The number of rotatable bonds is 2. The Morgan fingerprint density at radius 3 is 2.55 bits per heavy atom. The fourth-order valence-corrected chi connectivity index (χ4v) is 3.11. The number of nitrogens with two attached hydrogens (primary N) is 1. The van der Waals surface area contributed by atoms with E-state index in [9.17, 15) is 9.59 Å². The summed E-state index contributed by atoms with van der Waals surface area (Å²) in [6, 6.07) is 13.3. The Balaban J connectivity index is 1.88. The molecule has 0 saturated carbocycles. The minimum absolute atomic E-state index is 0.518. The molecule has 110 valence electrons. The van der Waals surface area contributed by atoms with E-state index in [0.29, 0.717) is 5.69 Å². The van der Waals surface area contributed by atoms with Crippen LogP contribution in [0.25, 0.3) is 20.8 Å². The first-order valence-electron chi connectivity index (χ1n) is 6.61. The zero-order chi connectivity index (χ0) is 15.7. The minimum Gasteiger partial charge on any atom is -0.361 e. The summed E-state index contributed by atoms with van der Waals surface area (Å²) >= 11 is 1.62. The van der Waals surface area contributed by atoms with E-state index in [1.165, 1.54) is 5.56 Å². The van der Waals surface area contributed by atoms with E-state index in [4.69, 9.17) is 5.73 Å².